The van der Waals surface area contributed by atoms with E-state index in [1.54, 1.807) is 58.0 Å². The van der Waals surface area contributed by atoms with Crippen molar-refractivity contribution in [3.63, 3.8) is 0 Å². The predicted molar refractivity (Wildman–Crippen MR) is 111 cm³/mol. The molecule has 1 aliphatic heterocycles. The van der Waals surface area contributed by atoms with Gasteiger partial charge in [-0.05, 0) is 31.2 Å². The number of amides is 2. The molecule has 9 heteroatoms. The third kappa shape index (κ3) is 3.91. The highest BCUT2D eigenvalue weighted by Crippen LogP contribution is 2.27. The maximum absolute atomic E-state index is 13.3. The molecule has 1 fully saturated rings. The van der Waals surface area contributed by atoms with Crippen molar-refractivity contribution >= 4 is 23.6 Å². The Bertz CT molecular complexity index is 1040. The molecule has 30 heavy (non-hydrogen) atoms. The van der Waals surface area contributed by atoms with Gasteiger partial charge in [0.25, 0.3) is 5.91 Å². The number of carbonyl (C=O) groups is 2. The summed E-state index contributed by atoms with van der Waals surface area (Å²) in [6.45, 7) is 3.73. The first-order chi connectivity index (χ1) is 14.6. The van der Waals surface area contributed by atoms with Crippen molar-refractivity contribution in [1.82, 2.24) is 19.6 Å². The van der Waals surface area contributed by atoms with Gasteiger partial charge in [-0.1, -0.05) is 23.7 Å². The van der Waals surface area contributed by atoms with Gasteiger partial charge in [0.15, 0.2) is 5.76 Å². The number of hydrogen-bond donors (Lipinski definition) is 0. The number of para-hydroxylation sites is 1. The fourth-order valence-electron chi connectivity index (χ4n) is 3.35. The van der Waals surface area contributed by atoms with E-state index in [1.807, 2.05) is 12.1 Å². The highest BCUT2D eigenvalue weighted by molar-refractivity contribution is 6.32. The number of ether oxygens (including phenoxy) is 1. The van der Waals surface area contributed by atoms with Crippen LogP contribution >= 0.6 is 11.6 Å². The molecule has 0 spiro atoms. The maximum atomic E-state index is 13.3. The first-order valence-electron chi connectivity index (χ1n) is 9.68. The second kappa shape index (κ2) is 8.62. The van der Waals surface area contributed by atoms with E-state index in [-0.39, 0.29) is 12.0 Å². The van der Waals surface area contributed by atoms with Crippen LogP contribution in [0.15, 0.2) is 53.1 Å². The minimum atomic E-state index is -0.356. The number of hydrogen-bond acceptors (Lipinski definition) is 5. The van der Waals surface area contributed by atoms with E-state index >= 15 is 0 Å². The predicted octanol–water partition coefficient (Wildman–Crippen LogP) is 3.70. The van der Waals surface area contributed by atoms with E-state index in [4.69, 9.17) is 20.8 Å². The molecule has 2 amide bonds. The van der Waals surface area contributed by atoms with Gasteiger partial charge >= 0.3 is 6.09 Å². The molecule has 0 saturated carbocycles. The Morgan fingerprint density at radius 2 is 1.83 bits per heavy atom. The molecule has 0 aliphatic carbocycles. The van der Waals surface area contributed by atoms with Gasteiger partial charge in [0.1, 0.15) is 11.4 Å². The van der Waals surface area contributed by atoms with Crippen molar-refractivity contribution in [2.24, 2.45) is 0 Å². The molecule has 0 unspecified atom stereocenters. The number of rotatable bonds is 4. The van der Waals surface area contributed by atoms with Crippen molar-refractivity contribution in [2.75, 3.05) is 32.8 Å². The Balaban J connectivity index is 1.62. The van der Waals surface area contributed by atoms with Crippen molar-refractivity contribution in [2.45, 2.75) is 6.92 Å². The van der Waals surface area contributed by atoms with Crippen LogP contribution in [0.1, 0.15) is 17.4 Å². The summed E-state index contributed by atoms with van der Waals surface area (Å²) in [5, 5.41) is 5.05. The molecule has 4 rings (SSSR count). The molecule has 0 radical (unpaired) electrons. The monoisotopic (exact) mass is 428 g/mol. The molecule has 3 aromatic rings. The standard InChI is InChI=1S/C21H21ClN4O4/c1-2-29-21(28)25-11-9-24(10-12-25)20(27)18-14-16(19-8-5-13-30-19)23-26(18)17-7-4-3-6-15(17)22/h3-8,13-14H,2,9-12H2,1H3. The Labute approximate surface area is 178 Å². The third-order valence-electron chi connectivity index (χ3n) is 4.88. The van der Waals surface area contributed by atoms with Crippen LogP contribution in [0.2, 0.25) is 5.02 Å². The SMILES string of the molecule is CCOC(=O)N1CCN(C(=O)c2cc(-c3ccco3)nn2-c2ccccc2Cl)CC1. The number of halogens is 1. The molecule has 156 valence electrons. The normalized spacial score (nSPS) is 14.1. The Hall–Kier alpha value is -3.26. The summed E-state index contributed by atoms with van der Waals surface area (Å²) in [6, 6.07) is 12.4. The van der Waals surface area contributed by atoms with Crippen molar-refractivity contribution < 1.29 is 18.7 Å². The summed E-state index contributed by atoms with van der Waals surface area (Å²) >= 11 is 6.37. The van der Waals surface area contributed by atoms with E-state index in [2.05, 4.69) is 5.10 Å². The zero-order chi connectivity index (χ0) is 21.1. The minimum absolute atomic E-state index is 0.191. The number of piperazine rings is 1. The average Bonchev–Trinajstić information content (AvgIpc) is 3.44. The van der Waals surface area contributed by atoms with Crippen LogP contribution < -0.4 is 0 Å². The molecule has 0 bridgehead atoms. The van der Waals surface area contributed by atoms with Gasteiger partial charge in [0, 0.05) is 32.2 Å². The molecule has 3 heterocycles. The van der Waals surface area contributed by atoms with Gasteiger partial charge in [-0.3, -0.25) is 4.79 Å². The number of aromatic nitrogens is 2. The lowest BCUT2D eigenvalue weighted by Crippen LogP contribution is -2.51. The summed E-state index contributed by atoms with van der Waals surface area (Å²) in [5.41, 5.74) is 1.51. The van der Waals surface area contributed by atoms with Gasteiger partial charge in [-0.25, -0.2) is 9.48 Å². The van der Waals surface area contributed by atoms with Gasteiger partial charge in [0.05, 0.1) is 23.6 Å². The molecular weight excluding hydrogens is 408 g/mol. The molecule has 8 nitrogen and oxygen atoms in total. The van der Waals surface area contributed by atoms with Gasteiger partial charge in [-0.15, -0.1) is 0 Å². The minimum Gasteiger partial charge on any atom is -0.463 e. The molecule has 1 aliphatic rings. The van der Waals surface area contributed by atoms with Crippen molar-refractivity contribution in [3.8, 4) is 17.1 Å². The van der Waals surface area contributed by atoms with E-state index in [0.29, 0.717) is 60.6 Å². The zero-order valence-corrected chi connectivity index (χ0v) is 17.2. The van der Waals surface area contributed by atoms with Gasteiger partial charge in [-0.2, -0.15) is 5.10 Å². The highest BCUT2D eigenvalue weighted by atomic mass is 35.5. The summed E-state index contributed by atoms with van der Waals surface area (Å²) in [5.74, 6) is 0.366. The lowest BCUT2D eigenvalue weighted by molar-refractivity contribution is 0.0563. The van der Waals surface area contributed by atoms with E-state index in [9.17, 15) is 9.59 Å². The maximum Gasteiger partial charge on any atom is 0.409 e. The van der Waals surface area contributed by atoms with Crippen molar-refractivity contribution in [3.05, 3.63) is 59.4 Å². The van der Waals surface area contributed by atoms with Crippen LogP contribution in [0.3, 0.4) is 0 Å². The quantitative estimate of drug-likeness (QED) is 0.633. The lowest BCUT2D eigenvalue weighted by Gasteiger charge is -2.34. The summed E-state index contributed by atoms with van der Waals surface area (Å²) in [4.78, 5) is 28.6. The second-order valence-corrected chi connectivity index (χ2v) is 7.14. The lowest BCUT2D eigenvalue weighted by atomic mass is 10.2. The van der Waals surface area contributed by atoms with Crippen LogP contribution in [-0.2, 0) is 4.74 Å². The number of benzene rings is 1. The van der Waals surface area contributed by atoms with Crippen LogP contribution in [0.4, 0.5) is 4.79 Å². The van der Waals surface area contributed by atoms with Crippen LogP contribution in [0, 0.1) is 0 Å². The largest absolute Gasteiger partial charge is 0.463 e. The Kier molecular flexibility index (Phi) is 5.76. The number of nitrogens with zero attached hydrogens (tertiary/aromatic N) is 4. The topological polar surface area (TPSA) is 80.8 Å². The molecular formula is C21H21ClN4O4. The van der Waals surface area contributed by atoms with Gasteiger partial charge in [0.2, 0.25) is 0 Å². The fraction of sp³-hybridized carbons (Fsp3) is 0.286. The van der Waals surface area contributed by atoms with Crippen LogP contribution in [-0.4, -0.2) is 64.4 Å². The van der Waals surface area contributed by atoms with E-state index in [0.717, 1.165) is 0 Å². The zero-order valence-electron chi connectivity index (χ0n) is 16.5. The summed E-state index contributed by atoms with van der Waals surface area (Å²) < 4.78 is 12.0. The Morgan fingerprint density at radius 1 is 1.10 bits per heavy atom. The molecule has 2 aromatic heterocycles. The van der Waals surface area contributed by atoms with E-state index < -0.39 is 0 Å². The van der Waals surface area contributed by atoms with Gasteiger partial charge < -0.3 is 19.0 Å². The second-order valence-electron chi connectivity index (χ2n) is 6.73. The highest BCUT2D eigenvalue weighted by Gasteiger charge is 2.29. The molecule has 1 aromatic carbocycles. The van der Waals surface area contributed by atoms with Crippen LogP contribution in [0.25, 0.3) is 17.1 Å². The fourth-order valence-corrected chi connectivity index (χ4v) is 3.57. The average molecular weight is 429 g/mol. The smallest absolute Gasteiger partial charge is 0.409 e. The summed E-state index contributed by atoms with van der Waals surface area (Å²) in [6.07, 6.45) is 1.20. The first kappa shape index (κ1) is 20.0. The Morgan fingerprint density at radius 3 is 2.50 bits per heavy atom. The molecule has 0 N–H and O–H groups in total. The summed E-state index contributed by atoms with van der Waals surface area (Å²) in [7, 11) is 0. The van der Waals surface area contributed by atoms with E-state index in [1.165, 1.54) is 0 Å². The third-order valence-corrected chi connectivity index (χ3v) is 5.20. The van der Waals surface area contributed by atoms with Crippen molar-refractivity contribution in [1.29, 1.82) is 0 Å². The number of furan rings is 1. The number of carbonyl (C=O) groups excluding carboxylic acids is 2. The molecule has 0 atom stereocenters. The first-order valence-corrected chi connectivity index (χ1v) is 10.1. The van der Waals surface area contributed by atoms with Crippen LogP contribution in [0.5, 0.6) is 0 Å². The molecule has 1 saturated heterocycles.